The van der Waals surface area contributed by atoms with Gasteiger partial charge >= 0.3 is 0 Å². The molecule has 8 heteroatoms. The number of amides is 1. The van der Waals surface area contributed by atoms with Gasteiger partial charge in [-0.25, -0.2) is 8.42 Å². The van der Waals surface area contributed by atoms with Gasteiger partial charge in [-0.3, -0.25) is 4.79 Å². The Bertz CT molecular complexity index is 931. The normalized spacial score (nSPS) is 18.6. The number of benzene rings is 2. The van der Waals surface area contributed by atoms with Crippen molar-refractivity contribution in [2.24, 2.45) is 0 Å². The van der Waals surface area contributed by atoms with Crippen LogP contribution in [0.4, 0.5) is 5.69 Å². The van der Waals surface area contributed by atoms with Crippen LogP contribution in [0.2, 0.25) is 5.02 Å². The molecule has 1 fully saturated rings. The Morgan fingerprint density at radius 2 is 1.78 bits per heavy atom. The highest BCUT2D eigenvalue weighted by Gasteiger charge is 2.40. The number of piperazine rings is 1. The monoisotopic (exact) mass is 408 g/mol. The molecular weight excluding hydrogens is 388 g/mol. The molecule has 1 atom stereocenters. The Hall–Kier alpha value is -2.09. The lowest BCUT2D eigenvalue weighted by atomic mass is 10.2. The number of nitrogens with zero attached hydrogens (tertiary/aromatic N) is 2. The van der Waals surface area contributed by atoms with Gasteiger partial charge in [0.25, 0.3) is 0 Å². The fraction of sp³-hybridized carbons (Fsp3) is 0.316. The standard InChI is InChI=1S/C19H21ClN2O4S/c1-3-26-18-7-5-4-6-17(18)21-12-13-22(14(2)19(21)23)27(24,25)16-10-8-15(20)9-11-16/h4-11,14H,3,12-13H2,1-2H3/t14-/m1/s1. The predicted molar refractivity (Wildman–Crippen MR) is 105 cm³/mol. The largest absolute Gasteiger partial charge is 0.492 e. The Kier molecular flexibility index (Phi) is 5.74. The Labute approximate surface area is 164 Å². The van der Waals surface area contributed by atoms with Crippen molar-refractivity contribution < 1.29 is 17.9 Å². The van der Waals surface area contributed by atoms with Crippen LogP contribution >= 0.6 is 11.6 Å². The molecule has 0 bridgehead atoms. The van der Waals surface area contributed by atoms with E-state index in [1.807, 2.05) is 19.1 Å². The van der Waals surface area contributed by atoms with Gasteiger partial charge < -0.3 is 9.64 Å². The molecule has 0 radical (unpaired) electrons. The number of sulfonamides is 1. The van der Waals surface area contributed by atoms with Gasteiger partial charge in [-0.05, 0) is 50.2 Å². The molecule has 1 aliphatic rings. The first-order valence-electron chi connectivity index (χ1n) is 8.67. The van der Waals surface area contributed by atoms with Gasteiger partial charge in [-0.1, -0.05) is 23.7 Å². The number of para-hydroxylation sites is 2. The number of hydrogen-bond acceptors (Lipinski definition) is 4. The van der Waals surface area contributed by atoms with Crippen LogP contribution in [-0.4, -0.2) is 44.4 Å². The van der Waals surface area contributed by atoms with Crippen molar-refractivity contribution in [2.45, 2.75) is 24.8 Å². The van der Waals surface area contributed by atoms with E-state index in [1.54, 1.807) is 24.0 Å². The number of rotatable bonds is 5. The SMILES string of the molecule is CCOc1ccccc1N1CCN(S(=O)(=O)c2ccc(Cl)cc2)[C@H](C)C1=O. The topological polar surface area (TPSA) is 66.9 Å². The van der Waals surface area contributed by atoms with Crippen molar-refractivity contribution in [3.8, 4) is 5.75 Å². The summed E-state index contributed by atoms with van der Waals surface area (Å²) in [7, 11) is -3.79. The van der Waals surface area contributed by atoms with Crippen molar-refractivity contribution >= 4 is 33.2 Å². The molecule has 1 amide bonds. The molecule has 144 valence electrons. The third-order valence-corrected chi connectivity index (χ3v) is 6.71. The van der Waals surface area contributed by atoms with E-state index >= 15 is 0 Å². The van der Waals surface area contributed by atoms with E-state index in [0.29, 0.717) is 23.1 Å². The fourth-order valence-corrected chi connectivity index (χ4v) is 4.82. The molecule has 0 aliphatic carbocycles. The highest BCUT2D eigenvalue weighted by atomic mass is 35.5. The number of hydrogen-bond donors (Lipinski definition) is 0. The number of carbonyl (C=O) groups is 1. The zero-order valence-corrected chi connectivity index (χ0v) is 16.7. The first-order chi connectivity index (χ1) is 12.9. The van der Waals surface area contributed by atoms with Gasteiger partial charge in [-0.15, -0.1) is 0 Å². The van der Waals surface area contributed by atoms with Gasteiger partial charge in [0.2, 0.25) is 15.9 Å². The first kappa shape index (κ1) is 19.7. The molecule has 1 saturated heterocycles. The summed E-state index contributed by atoms with van der Waals surface area (Å²) in [6.45, 7) is 4.40. The number of carbonyl (C=O) groups excluding carboxylic acids is 1. The van der Waals surface area contributed by atoms with Crippen molar-refractivity contribution in [3.63, 3.8) is 0 Å². The summed E-state index contributed by atoms with van der Waals surface area (Å²) < 4.78 is 32.8. The van der Waals surface area contributed by atoms with Gasteiger partial charge in [0.15, 0.2) is 0 Å². The zero-order valence-electron chi connectivity index (χ0n) is 15.1. The van der Waals surface area contributed by atoms with E-state index in [-0.39, 0.29) is 23.9 Å². The molecule has 1 heterocycles. The van der Waals surface area contributed by atoms with Gasteiger partial charge in [-0.2, -0.15) is 4.31 Å². The summed E-state index contributed by atoms with van der Waals surface area (Å²) in [6.07, 6.45) is 0. The van der Waals surface area contributed by atoms with E-state index in [4.69, 9.17) is 16.3 Å². The third-order valence-electron chi connectivity index (χ3n) is 4.48. The molecule has 0 saturated carbocycles. The number of ether oxygens (including phenoxy) is 1. The summed E-state index contributed by atoms with van der Waals surface area (Å²) in [5.41, 5.74) is 0.653. The van der Waals surface area contributed by atoms with E-state index in [1.165, 1.54) is 28.6 Å². The molecule has 2 aromatic carbocycles. The maximum atomic E-state index is 13.0. The molecule has 1 aliphatic heterocycles. The molecule has 0 spiro atoms. The fourth-order valence-electron chi connectivity index (χ4n) is 3.12. The minimum Gasteiger partial charge on any atom is -0.492 e. The van der Waals surface area contributed by atoms with Crippen molar-refractivity contribution in [1.29, 1.82) is 0 Å². The highest BCUT2D eigenvalue weighted by Crippen LogP contribution is 2.32. The van der Waals surface area contributed by atoms with Crippen LogP contribution in [0.15, 0.2) is 53.4 Å². The quantitative estimate of drug-likeness (QED) is 0.762. The molecule has 0 N–H and O–H groups in total. The van der Waals surface area contributed by atoms with Crippen molar-refractivity contribution in [1.82, 2.24) is 4.31 Å². The molecule has 2 aromatic rings. The lowest BCUT2D eigenvalue weighted by Crippen LogP contribution is -2.57. The highest BCUT2D eigenvalue weighted by molar-refractivity contribution is 7.89. The molecular formula is C19H21ClN2O4S. The molecule has 0 unspecified atom stereocenters. The smallest absolute Gasteiger partial charge is 0.245 e. The van der Waals surface area contributed by atoms with Crippen LogP contribution in [0.25, 0.3) is 0 Å². The second-order valence-corrected chi connectivity index (χ2v) is 8.46. The minimum atomic E-state index is -3.79. The minimum absolute atomic E-state index is 0.120. The average molecular weight is 409 g/mol. The summed E-state index contributed by atoms with van der Waals surface area (Å²) in [5.74, 6) is 0.320. The number of anilines is 1. The maximum Gasteiger partial charge on any atom is 0.245 e. The Balaban J connectivity index is 1.88. The van der Waals surface area contributed by atoms with Crippen molar-refractivity contribution in [3.05, 3.63) is 53.6 Å². The van der Waals surface area contributed by atoms with E-state index in [2.05, 4.69) is 0 Å². The Morgan fingerprint density at radius 3 is 2.44 bits per heavy atom. The van der Waals surface area contributed by atoms with Gasteiger partial charge in [0.05, 0.1) is 17.2 Å². The average Bonchev–Trinajstić information content (AvgIpc) is 2.65. The number of halogens is 1. The lowest BCUT2D eigenvalue weighted by molar-refractivity contribution is -0.123. The summed E-state index contributed by atoms with van der Waals surface area (Å²) >= 11 is 5.85. The Morgan fingerprint density at radius 1 is 1.11 bits per heavy atom. The van der Waals surface area contributed by atoms with Crippen LogP contribution < -0.4 is 9.64 Å². The van der Waals surface area contributed by atoms with Crippen LogP contribution in [0.3, 0.4) is 0 Å². The van der Waals surface area contributed by atoms with Crippen LogP contribution in [0, 0.1) is 0 Å². The lowest BCUT2D eigenvalue weighted by Gasteiger charge is -2.38. The van der Waals surface area contributed by atoms with Crippen LogP contribution in [-0.2, 0) is 14.8 Å². The summed E-state index contributed by atoms with van der Waals surface area (Å²) in [5, 5.41) is 0.454. The van der Waals surface area contributed by atoms with E-state index in [0.717, 1.165) is 0 Å². The third kappa shape index (κ3) is 3.81. The van der Waals surface area contributed by atoms with Crippen molar-refractivity contribution in [2.75, 3.05) is 24.6 Å². The molecule has 0 aromatic heterocycles. The summed E-state index contributed by atoms with van der Waals surface area (Å²) in [6, 6.07) is 12.4. The first-order valence-corrected chi connectivity index (χ1v) is 10.5. The van der Waals surface area contributed by atoms with Gasteiger partial charge in [0, 0.05) is 18.1 Å². The predicted octanol–water partition coefficient (Wildman–Crippen LogP) is 3.16. The zero-order chi connectivity index (χ0) is 19.6. The van der Waals surface area contributed by atoms with Crippen LogP contribution in [0.1, 0.15) is 13.8 Å². The maximum absolute atomic E-state index is 13.0. The van der Waals surface area contributed by atoms with E-state index in [9.17, 15) is 13.2 Å². The second-order valence-electron chi connectivity index (χ2n) is 6.14. The van der Waals surface area contributed by atoms with E-state index < -0.39 is 16.1 Å². The molecule has 27 heavy (non-hydrogen) atoms. The second kappa shape index (κ2) is 7.88. The molecule has 6 nitrogen and oxygen atoms in total. The van der Waals surface area contributed by atoms with Gasteiger partial charge in [0.1, 0.15) is 11.8 Å². The summed E-state index contributed by atoms with van der Waals surface area (Å²) in [4.78, 5) is 14.7. The molecule has 3 rings (SSSR count). The van der Waals surface area contributed by atoms with Crippen LogP contribution in [0.5, 0.6) is 5.75 Å².